The van der Waals surface area contributed by atoms with Crippen LogP contribution in [0, 0.1) is 13.8 Å². The highest BCUT2D eigenvalue weighted by Crippen LogP contribution is 2.24. The Bertz CT molecular complexity index is 739. The van der Waals surface area contributed by atoms with Gasteiger partial charge in [-0.25, -0.2) is 21.6 Å². The first-order valence-corrected chi connectivity index (χ1v) is 9.51. The van der Waals surface area contributed by atoms with Crippen LogP contribution < -0.4 is 10.5 Å². The van der Waals surface area contributed by atoms with Gasteiger partial charge in [0.05, 0.1) is 17.2 Å². The summed E-state index contributed by atoms with van der Waals surface area (Å²) >= 11 is 0. The van der Waals surface area contributed by atoms with Crippen LogP contribution in [0.2, 0.25) is 0 Å². The molecular weight excluding hydrogens is 300 g/mol. The third-order valence-corrected chi connectivity index (χ3v) is 6.81. The van der Waals surface area contributed by atoms with E-state index in [1.807, 2.05) is 6.92 Å². The van der Waals surface area contributed by atoms with E-state index in [2.05, 4.69) is 4.72 Å². The summed E-state index contributed by atoms with van der Waals surface area (Å²) in [6.45, 7) is 3.65. The zero-order valence-electron chi connectivity index (χ0n) is 11.4. The van der Waals surface area contributed by atoms with Crippen LogP contribution in [0.3, 0.4) is 0 Å². The molecule has 1 aromatic carbocycles. The van der Waals surface area contributed by atoms with E-state index < -0.39 is 25.9 Å². The number of benzene rings is 1. The quantitative estimate of drug-likeness (QED) is 0.782. The number of sulfonamides is 1. The lowest BCUT2D eigenvalue weighted by atomic mass is 10.1. The molecule has 0 radical (unpaired) electrons. The average molecular weight is 318 g/mol. The fourth-order valence-corrected chi connectivity index (χ4v) is 5.46. The highest BCUT2D eigenvalue weighted by Gasteiger charge is 2.32. The number of nitrogens with one attached hydrogen (secondary N) is 1. The summed E-state index contributed by atoms with van der Waals surface area (Å²) in [6, 6.07) is 2.54. The molecule has 1 saturated heterocycles. The van der Waals surface area contributed by atoms with E-state index in [0.29, 0.717) is 6.42 Å². The summed E-state index contributed by atoms with van der Waals surface area (Å²) in [7, 11) is -6.94. The van der Waals surface area contributed by atoms with Crippen molar-refractivity contribution < 1.29 is 16.8 Å². The van der Waals surface area contributed by atoms with E-state index in [0.717, 1.165) is 11.1 Å². The van der Waals surface area contributed by atoms with E-state index in [4.69, 9.17) is 5.73 Å². The molecule has 112 valence electrons. The molecule has 0 spiro atoms. The predicted molar refractivity (Wildman–Crippen MR) is 77.7 cm³/mol. The largest absolute Gasteiger partial charge is 0.398 e. The third kappa shape index (κ3) is 3.13. The van der Waals surface area contributed by atoms with Gasteiger partial charge >= 0.3 is 0 Å². The molecule has 2 rings (SSSR count). The highest BCUT2D eigenvalue weighted by atomic mass is 32.2. The van der Waals surface area contributed by atoms with Gasteiger partial charge in [0, 0.05) is 6.04 Å². The molecule has 20 heavy (non-hydrogen) atoms. The second-order valence-corrected chi connectivity index (χ2v) is 9.11. The lowest BCUT2D eigenvalue weighted by Crippen LogP contribution is -2.36. The van der Waals surface area contributed by atoms with E-state index in [1.54, 1.807) is 13.0 Å². The van der Waals surface area contributed by atoms with Gasteiger partial charge in [-0.2, -0.15) is 0 Å². The van der Waals surface area contributed by atoms with Crippen molar-refractivity contribution in [3.63, 3.8) is 0 Å². The second kappa shape index (κ2) is 5.01. The summed E-state index contributed by atoms with van der Waals surface area (Å²) < 4.78 is 49.8. The van der Waals surface area contributed by atoms with E-state index >= 15 is 0 Å². The number of nitrogens with two attached hydrogens (primary N) is 1. The molecule has 3 N–H and O–H groups in total. The molecule has 1 heterocycles. The van der Waals surface area contributed by atoms with Crippen LogP contribution in [0.25, 0.3) is 0 Å². The SMILES string of the molecule is Cc1cc(N)c(S(=O)(=O)NC2CCS(=O)(=O)C2)cc1C. The molecule has 0 amide bonds. The summed E-state index contributed by atoms with van der Waals surface area (Å²) in [5.41, 5.74) is 7.66. The summed E-state index contributed by atoms with van der Waals surface area (Å²) in [4.78, 5) is 0.00454. The smallest absolute Gasteiger partial charge is 0.242 e. The standard InChI is InChI=1S/C12H18N2O4S2/c1-8-5-11(13)12(6-9(8)2)20(17,18)14-10-3-4-19(15,16)7-10/h5-6,10,14H,3-4,7,13H2,1-2H3. The molecule has 1 atom stereocenters. The van der Waals surface area contributed by atoms with Crippen molar-refractivity contribution in [2.24, 2.45) is 0 Å². The zero-order chi connectivity index (χ0) is 15.1. The van der Waals surface area contributed by atoms with Crippen LogP contribution in [0.4, 0.5) is 5.69 Å². The average Bonchev–Trinajstić information content (AvgIpc) is 2.62. The van der Waals surface area contributed by atoms with E-state index in [1.165, 1.54) is 6.07 Å². The Hall–Kier alpha value is -1.12. The van der Waals surface area contributed by atoms with Crippen molar-refractivity contribution >= 4 is 25.5 Å². The Balaban J connectivity index is 2.30. The number of hydrogen-bond donors (Lipinski definition) is 2. The van der Waals surface area contributed by atoms with Crippen LogP contribution >= 0.6 is 0 Å². The van der Waals surface area contributed by atoms with Crippen molar-refractivity contribution in [1.29, 1.82) is 0 Å². The van der Waals surface area contributed by atoms with Gasteiger partial charge < -0.3 is 5.73 Å². The molecule has 1 aromatic rings. The van der Waals surface area contributed by atoms with E-state index in [9.17, 15) is 16.8 Å². The second-order valence-electron chi connectivity index (χ2n) is 5.20. The van der Waals surface area contributed by atoms with Crippen molar-refractivity contribution in [3.05, 3.63) is 23.3 Å². The molecule has 1 aliphatic rings. The lowest BCUT2D eigenvalue weighted by Gasteiger charge is -2.14. The minimum Gasteiger partial charge on any atom is -0.398 e. The van der Waals surface area contributed by atoms with Crippen LogP contribution in [-0.4, -0.2) is 34.4 Å². The molecule has 1 fully saturated rings. The van der Waals surface area contributed by atoms with Gasteiger partial charge in [-0.3, -0.25) is 0 Å². The monoisotopic (exact) mass is 318 g/mol. The highest BCUT2D eigenvalue weighted by molar-refractivity contribution is 7.92. The van der Waals surface area contributed by atoms with Crippen LogP contribution in [0.5, 0.6) is 0 Å². The molecule has 0 bridgehead atoms. The molecule has 0 saturated carbocycles. The Morgan fingerprint density at radius 2 is 1.85 bits per heavy atom. The predicted octanol–water partition coefficient (Wildman–Crippen LogP) is 0.351. The minimum atomic E-state index is -3.80. The first-order valence-electron chi connectivity index (χ1n) is 6.20. The number of hydrogen-bond acceptors (Lipinski definition) is 5. The maximum absolute atomic E-state index is 12.3. The van der Waals surface area contributed by atoms with Crippen LogP contribution in [0.1, 0.15) is 17.5 Å². The molecule has 1 aliphatic heterocycles. The minimum absolute atomic E-state index is 0.00454. The fourth-order valence-electron chi connectivity index (χ4n) is 2.22. The Kier molecular flexibility index (Phi) is 3.83. The molecule has 6 nitrogen and oxygen atoms in total. The number of nitrogen functional groups attached to an aromatic ring is 1. The van der Waals surface area contributed by atoms with Gasteiger partial charge in [0.25, 0.3) is 0 Å². The third-order valence-electron chi connectivity index (χ3n) is 3.47. The number of aryl methyl sites for hydroxylation is 2. The molecule has 1 unspecified atom stereocenters. The van der Waals surface area contributed by atoms with Crippen LogP contribution in [0.15, 0.2) is 17.0 Å². The van der Waals surface area contributed by atoms with Gasteiger partial charge in [0.15, 0.2) is 9.84 Å². The van der Waals surface area contributed by atoms with Crippen molar-refractivity contribution in [2.75, 3.05) is 17.2 Å². The zero-order valence-corrected chi connectivity index (χ0v) is 13.0. The summed E-state index contributed by atoms with van der Waals surface area (Å²) in [5.74, 6) is -0.139. The first-order chi connectivity index (χ1) is 9.11. The maximum Gasteiger partial charge on any atom is 0.242 e. The molecule has 8 heteroatoms. The number of rotatable bonds is 3. The number of sulfone groups is 1. The van der Waals surface area contributed by atoms with Crippen LogP contribution in [-0.2, 0) is 19.9 Å². The Morgan fingerprint density at radius 1 is 1.25 bits per heavy atom. The van der Waals surface area contributed by atoms with Crippen molar-refractivity contribution in [3.8, 4) is 0 Å². The van der Waals surface area contributed by atoms with E-state index in [-0.39, 0.29) is 22.1 Å². The van der Waals surface area contributed by atoms with Crippen molar-refractivity contribution in [2.45, 2.75) is 31.2 Å². The molecule has 0 aliphatic carbocycles. The topological polar surface area (TPSA) is 106 Å². The van der Waals surface area contributed by atoms with Crippen molar-refractivity contribution in [1.82, 2.24) is 4.72 Å². The first kappa shape index (κ1) is 15.3. The van der Waals surface area contributed by atoms with Gasteiger partial charge in [-0.1, -0.05) is 0 Å². The van der Waals surface area contributed by atoms with Gasteiger partial charge in [0.1, 0.15) is 4.90 Å². The van der Waals surface area contributed by atoms with Gasteiger partial charge in [-0.05, 0) is 43.5 Å². The summed E-state index contributed by atoms with van der Waals surface area (Å²) in [6.07, 6.45) is 0.298. The lowest BCUT2D eigenvalue weighted by molar-refractivity contribution is 0.563. The molecular formula is C12H18N2O4S2. The Morgan fingerprint density at radius 3 is 2.40 bits per heavy atom. The maximum atomic E-state index is 12.3. The normalized spacial score (nSPS) is 22.0. The molecule has 0 aromatic heterocycles. The summed E-state index contributed by atoms with van der Waals surface area (Å²) in [5, 5.41) is 0. The number of anilines is 1. The van der Waals surface area contributed by atoms with Gasteiger partial charge in [-0.15, -0.1) is 0 Å². The Labute approximate surface area is 119 Å². The fraction of sp³-hybridized carbons (Fsp3) is 0.500. The van der Waals surface area contributed by atoms with Gasteiger partial charge in [0.2, 0.25) is 10.0 Å².